The van der Waals surface area contributed by atoms with E-state index in [4.69, 9.17) is 4.99 Å². The molecule has 1 atom stereocenters. The zero-order chi connectivity index (χ0) is 20.1. The minimum atomic E-state index is 0. The van der Waals surface area contributed by atoms with Gasteiger partial charge in [0.2, 0.25) is 5.91 Å². The number of hydrogen-bond acceptors (Lipinski definition) is 4. The van der Waals surface area contributed by atoms with E-state index in [2.05, 4.69) is 41.0 Å². The molecule has 2 aliphatic heterocycles. The summed E-state index contributed by atoms with van der Waals surface area (Å²) in [5, 5.41) is 7.56. The maximum atomic E-state index is 12.7. The van der Waals surface area contributed by atoms with Crippen LogP contribution in [-0.2, 0) is 11.8 Å². The van der Waals surface area contributed by atoms with Crippen LogP contribution in [0, 0.1) is 5.92 Å². The van der Waals surface area contributed by atoms with Crippen LogP contribution in [0.1, 0.15) is 33.6 Å². The molecule has 1 aromatic heterocycles. The van der Waals surface area contributed by atoms with Crippen LogP contribution in [0.5, 0.6) is 0 Å². The summed E-state index contributed by atoms with van der Waals surface area (Å²) in [6, 6.07) is 0.517. The fourth-order valence-electron chi connectivity index (χ4n) is 4.10. The molecule has 1 N–H and O–H groups in total. The van der Waals surface area contributed by atoms with Gasteiger partial charge in [-0.1, -0.05) is 13.8 Å². The van der Waals surface area contributed by atoms with Crippen LogP contribution in [0.15, 0.2) is 17.4 Å². The fraction of sp³-hybridized carbons (Fsp3) is 0.750. The van der Waals surface area contributed by atoms with Gasteiger partial charge in [0.15, 0.2) is 5.96 Å². The summed E-state index contributed by atoms with van der Waals surface area (Å²) in [4.78, 5) is 24.1. The molecule has 0 unspecified atom stereocenters. The number of anilines is 1. The maximum Gasteiger partial charge on any atom is 0.246 e. The van der Waals surface area contributed by atoms with E-state index >= 15 is 0 Å². The third-order valence-electron chi connectivity index (χ3n) is 5.41. The molecule has 0 aliphatic carbocycles. The highest BCUT2D eigenvalue weighted by molar-refractivity contribution is 14.0. The summed E-state index contributed by atoms with van der Waals surface area (Å²) < 4.78 is 1.73. The Morgan fingerprint density at radius 1 is 1.34 bits per heavy atom. The van der Waals surface area contributed by atoms with Gasteiger partial charge in [0.1, 0.15) is 6.54 Å². The molecule has 2 saturated heterocycles. The maximum absolute atomic E-state index is 12.7. The van der Waals surface area contributed by atoms with Crippen LogP contribution in [0.2, 0.25) is 0 Å². The van der Waals surface area contributed by atoms with Crippen molar-refractivity contribution in [1.29, 1.82) is 0 Å². The molecule has 0 spiro atoms. The van der Waals surface area contributed by atoms with E-state index in [0.29, 0.717) is 25.0 Å². The zero-order valence-corrected chi connectivity index (χ0v) is 20.5. The number of rotatable bonds is 6. The van der Waals surface area contributed by atoms with Gasteiger partial charge in [-0.2, -0.15) is 5.10 Å². The Kier molecular flexibility index (Phi) is 9.19. The molecule has 3 heterocycles. The molecular formula is C20H36IN7O. The predicted molar refractivity (Wildman–Crippen MR) is 128 cm³/mol. The molecule has 8 nitrogen and oxygen atoms in total. The van der Waals surface area contributed by atoms with Crippen LogP contribution >= 0.6 is 24.0 Å². The van der Waals surface area contributed by atoms with E-state index in [1.54, 1.807) is 10.9 Å². The molecule has 0 radical (unpaired) electrons. The predicted octanol–water partition coefficient (Wildman–Crippen LogP) is 1.77. The van der Waals surface area contributed by atoms with E-state index in [0.717, 1.165) is 37.8 Å². The number of aromatic nitrogens is 2. The van der Waals surface area contributed by atoms with E-state index < -0.39 is 0 Å². The molecule has 0 bridgehead atoms. The van der Waals surface area contributed by atoms with Crippen LogP contribution in [0.4, 0.5) is 5.69 Å². The highest BCUT2D eigenvalue weighted by atomic mass is 127. The first-order chi connectivity index (χ1) is 13.5. The van der Waals surface area contributed by atoms with Crippen molar-refractivity contribution >= 4 is 41.5 Å². The van der Waals surface area contributed by atoms with E-state index in [-0.39, 0.29) is 29.9 Å². The van der Waals surface area contributed by atoms with E-state index in [1.165, 1.54) is 19.4 Å². The van der Waals surface area contributed by atoms with Gasteiger partial charge < -0.3 is 15.1 Å². The normalized spacial score (nSPS) is 21.1. The number of guanidine groups is 1. The summed E-state index contributed by atoms with van der Waals surface area (Å²) in [5.41, 5.74) is 0.865. The molecule has 3 rings (SSSR count). The second-order valence-corrected chi connectivity index (χ2v) is 8.22. The lowest BCUT2D eigenvalue weighted by Crippen LogP contribution is -2.55. The van der Waals surface area contributed by atoms with Crippen LogP contribution < -0.4 is 10.2 Å². The first-order valence-electron chi connectivity index (χ1n) is 10.5. The molecule has 2 aliphatic rings. The van der Waals surface area contributed by atoms with Crippen molar-refractivity contribution in [1.82, 2.24) is 24.9 Å². The SMILES string of the molecule is CCNC(=NC[C@H]1CCCN1CC(C)C)N1CCN(c2cnn(C)c2)C(=O)C1.I. The topological polar surface area (TPSA) is 69.0 Å². The van der Waals surface area contributed by atoms with E-state index in [1.807, 2.05) is 18.1 Å². The van der Waals surface area contributed by atoms with Crippen molar-refractivity contribution in [3.63, 3.8) is 0 Å². The number of carbonyl (C=O) groups is 1. The average Bonchev–Trinajstić information content (AvgIpc) is 3.27. The first kappa shape index (κ1) is 23.9. The highest BCUT2D eigenvalue weighted by Crippen LogP contribution is 2.19. The molecule has 29 heavy (non-hydrogen) atoms. The number of hydrogen-bond donors (Lipinski definition) is 1. The quantitative estimate of drug-likeness (QED) is 0.354. The molecule has 164 valence electrons. The smallest absolute Gasteiger partial charge is 0.246 e. The Morgan fingerprint density at radius 3 is 2.76 bits per heavy atom. The van der Waals surface area contributed by atoms with Gasteiger partial charge >= 0.3 is 0 Å². The molecular weight excluding hydrogens is 481 g/mol. The van der Waals surface area contributed by atoms with Gasteiger partial charge in [0.25, 0.3) is 0 Å². The number of halogens is 1. The minimum absolute atomic E-state index is 0. The lowest BCUT2D eigenvalue weighted by atomic mass is 10.2. The monoisotopic (exact) mass is 517 g/mol. The van der Waals surface area contributed by atoms with Crippen molar-refractivity contribution in [2.75, 3.05) is 50.7 Å². The van der Waals surface area contributed by atoms with Crippen molar-refractivity contribution < 1.29 is 4.79 Å². The van der Waals surface area contributed by atoms with Gasteiger partial charge in [0, 0.05) is 45.5 Å². The third kappa shape index (κ3) is 6.31. The van der Waals surface area contributed by atoms with Gasteiger partial charge in [-0.05, 0) is 32.2 Å². The number of aliphatic imine (C=N–C) groups is 1. The number of amides is 1. The lowest BCUT2D eigenvalue weighted by Gasteiger charge is -2.35. The van der Waals surface area contributed by atoms with Gasteiger partial charge in [-0.25, -0.2) is 0 Å². The Bertz CT molecular complexity index is 690. The van der Waals surface area contributed by atoms with E-state index in [9.17, 15) is 4.79 Å². The third-order valence-corrected chi connectivity index (χ3v) is 5.41. The average molecular weight is 517 g/mol. The molecule has 1 aromatic rings. The van der Waals surface area contributed by atoms with Gasteiger partial charge in [-0.3, -0.25) is 19.4 Å². The molecule has 0 saturated carbocycles. The standard InChI is InChI=1S/C20H35N7O.HI/c1-5-21-20(22-11-17-7-6-8-25(17)13-16(2)3)26-9-10-27(19(28)15-26)18-12-23-24(4)14-18;/h12,14,16-17H,5-11,13,15H2,1-4H3,(H,21,22);1H/t17-;/m1./s1. The molecule has 0 aromatic carbocycles. The van der Waals surface area contributed by atoms with Gasteiger partial charge in [-0.15, -0.1) is 24.0 Å². The summed E-state index contributed by atoms with van der Waals surface area (Å²) in [5.74, 6) is 1.63. The van der Waals surface area contributed by atoms with Crippen LogP contribution in [-0.4, -0.2) is 83.3 Å². The summed E-state index contributed by atoms with van der Waals surface area (Å²) in [6.07, 6.45) is 6.10. The van der Waals surface area contributed by atoms with Crippen LogP contribution in [0.3, 0.4) is 0 Å². The van der Waals surface area contributed by atoms with Crippen molar-refractivity contribution in [2.45, 2.75) is 39.7 Å². The second-order valence-electron chi connectivity index (χ2n) is 8.22. The molecule has 9 heteroatoms. The summed E-state index contributed by atoms with van der Waals surface area (Å²) in [7, 11) is 1.87. The fourth-order valence-corrected chi connectivity index (χ4v) is 4.10. The summed E-state index contributed by atoms with van der Waals surface area (Å²) in [6.45, 7) is 12.3. The summed E-state index contributed by atoms with van der Waals surface area (Å²) >= 11 is 0. The number of nitrogens with zero attached hydrogens (tertiary/aromatic N) is 6. The zero-order valence-electron chi connectivity index (χ0n) is 18.2. The first-order valence-corrected chi connectivity index (χ1v) is 10.5. The lowest BCUT2D eigenvalue weighted by molar-refractivity contribution is -0.120. The van der Waals surface area contributed by atoms with Crippen molar-refractivity contribution in [3.8, 4) is 0 Å². The number of carbonyl (C=O) groups excluding carboxylic acids is 1. The highest BCUT2D eigenvalue weighted by Gasteiger charge is 2.29. The Hall–Kier alpha value is -1.36. The van der Waals surface area contributed by atoms with Crippen molar-refractivity contribution in [3.05, 3.63) is 12.4 Å². The molecule has 1 amide bonds. The number of aryl methyl sites for hydroxylation is 1. The number of piperazine rings is 1. The number of nitrogens with one attached hydrogen (secondary N) is 1. The molecule has 2 fully saturated rings. The van der Waals surface area contributed by atoms with Crippen molar-refractivity contribution in [2.24, 2.45) is 18.0 Å². The Labute approximate surface area is 191 Å². The Morgan fingerprint density at radius 2 is 2.14 bits per heavy atom. The van der Waals surface area contributed by atoms with Gasteiger partial charge in [0.05, 0.1) is 18.4 Å². The minimum Gasteiger partial charge on any atom is -0.357 e. The largest absolute Gasteiger partial charge is 0.357 e. The Balaban J connectivity index is 0.00000300. The second kappa shape index (κ2) is 11.1. The van der Waals surface area contributed by atoms with Crippen LogP contribution in [0.25, 0.3) is 0 Å². The number of likely N-dealkylation sites (tertiary alicyclic amines) is 1.